The third-order valence-electron chi connectivity index (χ3n) is 5.52. The predicted octanol–water partition coefficient (Wildman–Crippen LogP) is 5.30. The molecule has 0 aliphatic carbocycles. The Balaban J connectivity index is 1.58. The summed E-state index contributed by atoms with van der Waals surface area (Å²) in [5.74, 6) is 0.716. The first kappa shape index (κ1) is 20.4. The van der Waals surface area contributed by atoms with E-state index in [1.54, 1.807) is 18.0 Å². The number of hydrogen-bond donors (Lipinski definition) is 0. The highest BCUT2D eigenvalue weighted by molar-refractivity contribution is 7.98. The van der Waals surface area contributed by atoms with Gasteiger partial charge in [0.15, 0.2) is 5.16 Å². The van der Waals surface area contributed by atoms with E-state index in [2.05, 4.69) is 41.6 Å². The van der Waals surface area contributed by atoms with E-state index in [4.69, 9.17) is 9.72 Å². The van der Waals surface area contributed by atoms with Crippen molar-refractivity contribution in [3.8, 4) is 11.1 Å². The first-order chi connectivity index (χ1) is 15.2. The lowest BCUT2D eigenvalue weighted by Gasteiger charge is -2.16. The summed E-state index contributed by atoms with van der Waals surface area (Å²) in [4.78, 5) is 23.6. The zero-order chi connectivity index (χ0) is 21.2. The van der Waals surface area contributed by atoms with Gasteiger partial charge < -0.3 is 4.74 Å². The molecule has 0 spiro atoms. The Labute approximate surface area is 189 Å². The maximum Gasteiger partial charge on any atom is 0.263 e. The van der Waals surface area contributed by atoms with Crippen LogP contribution in [0.5, 0.6) is 0 Å². The molecular formula is C24H23N3O2S2. The average Bonchev–Trinajstić information content (AvgIpc) is 3.46. The molecule has 1 atom stereocenters. The van der Waals surface area contributed by atoms with Gasteiger partial charge in [-0.25, -0.2) is 4.98 Å². The van der Waals surface area contributed by atoms with Crippen LogP contribution >= 0.6 is 23.1 Å². The number of thioether (sulfide) groups is 1. The molecule has 1 fully saturated rings. The second-order valence-electron chi connectivity index (χ2n) is 7.79. The van der Waals surface area contributed by atoms with E-state index in [1.165, 1.54) is 16.9 Å². The Morgan fingerprint density at radius 2 is 2.13 bits per heavy atom. The molecule has 4 heterocycles. The largest absolute Gasteiger partial charge is 0.376 e. The van der Waals surface area contributed by atoms with Crippen molar-refractivity contribution in [2.75, 3.05) is 6.61 Å². The summed E-state index contributed by atoms with van der Waals surface area (Å²) in [6, 6.07) is 12.3. The minimum Gasteiger partial charge on any atom is -0.376 e. The molecule has 0 amide bonds. The molecule has 0 saturated carbocycles. The molecule has 1 aliphatic heterocycles. The summed E-state index contributed by atoms with van der Waals surface area (Å²) >= 11 is 3.12. The van der Waals surface area contributed by atoms with Crippen molar-refractivity contribution in [3.05, 3.63) is 75.7 Å². The van der Waals surface area contributed by atoms with Gasteiger partial charge in [0.25, 0.3) is 5.56 Å². The number of pyridine rings is 1. The molecule has 0 bridgehead atoms. The highest BCUT2D eigenvalue weighted by Crippen LogP contribution is 2.33. The molecule has 158 valence electrons. The van der Waals surface area contributed by atoms with Gasteiger partial charge in [0.05, 0.1) is 18.0 Å². The van der Waals surface area contributed by atoms with Crippen LogP contribution < -0.4 is 5.56 Å². The van der Waals surface area contributed by atoms with Crippen LogP contribution in [0.4, 0.5) is 0 Å². The number of benzene rings is 1. The lowest BCUT2D eigenvalue weighted by Crippen LogP contribution is -2.28. The van der Waals surface area contributed by atoms with Crippen LogP contribution in [0.1, 0.15) is 24.0 Å². The number of nitrogens with zero attached hydrogens (tertiary/aromatic N) is 3. The van der Waals surface area contributed by atoms with Crippen LogP contribution in [-0.2, 0) is 17.0 Å². The molecule has 4 aromatic rings. The third-order valence-corrected chi connectivity index (χ3v) is 7.44. The Hall–Kier alpha value is -2.48. The van der Waals surface area contributed by atoms with E-state index in [0.717, 1.165) is 46.1 Å². The molecule has 1 aliphatic rings. The number of fused-ring (bicyclic) bond motifs is 1. The molecule has 7 heteroatoms. The van der Waals surface area contributed by atoms with Crippen LogP contribution in [0.25, 0.3) is 21.3 Å². The monoisotopic (exact) mass is 449 g/mol. The summed E-state index contributed by atoms with van der Waals surface area (Å²) in [5.41, 5.74) is 4.34. The number of hydrogen-bond acceptors (Lipinski definition) is 6. The number of aryl methyl sites for hydroxylation is 1. The molecule has 31 heavy (non-hydrogen) atoms. The van der Waals surface area contributed by atoms with Gasteiger partial charge in [-0.1, -0.05) is 47.7 Å². The van der Waals surface area contributed by atoms with E-state index in [9.17, 15) is 4.79 Å². The Morgan fingerprint density at radius 3 is 2.87 bits per heavy atom. The van der Waals surface area contributed by atoms with Gasteiger partial charge in [-0.2, -0.15) is 0 Å². The maximum absolute atomic E-state index is 13.7. The number of aromatic nitrogens is 3. The summed E-state index contributed by atoms with van der Waals surface area (Å²) in [6.07, 6.45) is 5.71. The Morgan fingerprint density at radius 1 is 1.26 bits per heavy atom. The summed E-state index contributed by atoms with van der Waals surface area (Å²) in [6.45, 7) is 3.37. The Kier molecular flexibility index (Phi) is 5.89. The summed E-state index contributed by atoms with van der Waals surface area (Å²) < 4.78 is 7.67. The number of ether oxygens (including phenoxy) is 1. The topological polar surface area (TPSA) is 57.0 Å². The quantitative estimate of drug-likeness (QED) is 0.295. The van der Waals surface area contributed by atoms with Gasteiger partial charge in [0.2, 0.25) is 0 Å². The SMILES string of the molecule is Cc1ccc(-c2csc3nc(SCc4cccnc4)n(C[C@@H]4CCCO4)c(=O)c23)cc1. The molecule has 0 N–H and O–H groups in total. The molecule has 1 aromatic carbocycles. The fourth-order valence-electron chi connectivity index (χ4n) is 3.85. The summed E-state index contributed by atoms with van der Waals surface area (Å²) in [5, 5.41) is 3.50. The van der Waals surface area contributed by atoms with Crippen LogP contribution in [0.3, 0.4) is 0 Å². The first-order valence-electron chi connectivity index (χ1n) is 10.4. The van der Waals surface area contributed by atoms with Gasteiger partial charge >= 0.3 is 0 Å². The summed E-state index contributed by atoms with van der Waals surface area (Å²) in [7, 11) is 0. The lowest BCUT2D eigenvalue weighted by atomic mass is 10.1. The van der Waals surface area contributed by atoms with Crippen LogP contribution in [0, 0.1) is 6.92 Å². The van der Waals surface area contributed by atoms with E-state index >= 15 is 0 Å². The van der Waals surface area contributed by atoms with E-state index < -0.39 is 0 Å². The first-order valence-corrected chi connectivity index (χ1v) is 12.3. The van der Waals surface area contributed by atoms with E-state index in [0.29, 0.717) is 17.7 Å². The average molecular weight is 450 g/mol. The molecule has 0 unspecified atom stereocenters. The standard InChI is InChI=1S/C24H23N3O2S2/c1-16-6-8-18(9-7-16)20-15-30-22-21(20)23(28)27(13-19-5-3-11-29-19)24(26-22)31-14-17-4-2-10-25-12-17/h2,4,6-10,12,15,19H,3,5,11,13-14H2,1H3/t19-/m0/s1. The minimum absolute atomic E-state index is 0.0195. The highest BCUT2D eigenvalue weighted by atomic mass is 32.2. The van der Waals surface area contributed by atoms with Crippen LogP contribution in [-0.4, -0.2) is 27.2 Å². The van der Waals surface area contributed by atoms with Crippen molar-refractivity contribution in [2.45, 2.75) is 43.3 Å². The zero-order valence-corrected chi connectivity index (χ0v) is 18.9. The van der Waals surface area contributed by atoms with Crippen LogP contribution in [0.15, 0.2) is 64.1 Å². The second kappa shape index (κ2) is 8.94. The van der Waals surface area contributed by atoms with Crippen molar-refractivity contribution in [2.24, 2.45) is 0 Å². The van der Waals surface area contributed by atoms with Gasteiger partial charge in [-0.15, -0.1) is 11.3 Å². The van der Waals surface area contributed by atoms with Gasteiger partial charge in [0, 0.05) is 35.7 Å². The molecule has 1 saturated heterocycles. The fourth-order valence-corrected chi connectivity index (χ4v) is 5.78. The molecule has 3 aromatic heterocycles. The normalized spacial score (nSPS) is 16.2. The molecular weight excluding hydrogens is 426 g/mol. The molecule has 5 rings (SSSR count). The predicted molar refractivity (Wildman–Crippen MR) is 127 cm³/mol. The third kappa shape index (κ3) is 4.31. The second-order valence-corrected chi connectivity index (χ2v) is 9.59. The van der Waals surface area contributed by atoms with Crippen molar-refractivity contribution in [1.82, 2.24) is 14.5 Å². The minimum atomic E-state index is 0.0195. The van der Waals surface area contributed by atoms with Gasteiger partial charge in [0.1, 0.15) is 4.83 Å². The Bertz CT molecular complexity index is 1240. The van der Waals surface area contributed by atoms with Crippen molar-refractivity contribution < 1.29 is 4.74 Å². The number of thiophene rings is 1. The van der Waals surface area contributed by atoms with Crippen molar-refractivity contribution in [1.29, 1.82) is 0 Å². The smallest absolute Gasteiger partial charge is 0.263 e. The van der Waals surface area contributed by atoms with Crippen LogP contribution in [0.2, 0.25) is 0 Å². The molecule has 0 radical (unpaired) electrons. The van der Waals surface area contributed by atoms with E-state index in [-0.39, 0.29) is 11.7 Å². The lowest BCUT2D eigenvalue weighted by molar-refractivity contribution is 0.0937. The van der Waals surface area contributed by atoms with Gasteiger partial charge in [-0.3, -0.25) is 14.3 Å². The highest BCUT2D eigenvalue weighted by Gasteiger charge is 2.22. The van der Waals surface area contributed by atoms with Crippen molar-refractivity contribution in [3.63, 3.8) is 0 Å². The van der Waals surface area contributed by atoms with Gasteiger partial charge in [-0.05, 0) is 37.0 Å². The maximum atomic E-state index is 13.7. The van der Waals surface area contributed by atoms with Crippen molar-refractivity contribution >= 4 is 33.3 Å². The zero-order valence-electron chi connectivity index (χ0n) is 17.3. The fraction of sp³-hybridized carbons (Fsp3) is 0.292. The molecule has 5 nitrogen and oxygen atoms in total. The number of rotatable bonds is 6. The van der Waals surface area contributed by atoms with E-state index in [1.807, 2.05) is 22.9 Å².